The molecule has 1 unspecified atom stereocenters. The SMILES string of the molecule is CNC(CSc1ccccc1Cl)c1ccccc1. The second kappa shape index (κ2) is 6.83. The summed E-state index contributed by atoms with van der Waals surface area (Å²) in [5, 5.41) is 4.17. The second-order valence-corrected chi connectivity index (χ2v) is 5.46. The van der Waals surface area contributed by atoms with E-state index in [1.165, 1.54) is 5.56 Å². The van der Waals surface area contributed by atoms with E-state index in [0.717, 1.165) is 15.7 Å². The minimum absolute atomic E-state index is 0.340. The summed E-state index contributed by atoms with van der Waals surface area (Å²) in [5.41, 5.74) is 1.31. The number of benzene rings is 2. The van der Waals surface area contributed by atoms with Crippen LogP contribution in [0.1, 0.15) is 11.6 Å². The predicted molar refractivity (Wildman–Crippen MR) is 80.4 cm³/mol. The fraction of sp³-hybridized carbons (Fsp3) is 0.200. The molecule has 0 heterocycles. The molecule has 3 heteroatoms. The molecule has 0 bridgehead atoms. The molecule has 0 aliphatic heterocycles. The van der Waals surface area contributed by atoms with Gasteiger partial charge in [-0.2, -0.15) is 0 Å². The third kappa shape index (κ3) is 3.52. The Kier molecular flexibility index (Phi) is 5.12. The molecule has 1 N–H and O–H groups in total. The number of thioether (sulfide) groups is 1. The van der Waals surface area contributed by atoms with Gasteiger partial charge in [-0.15, -0.1) is 11.8 Å². The van der Waals surface area contributed by atoms with E-state index in [0.29, 0.717) is 6.04 Å². The van der Waals surface area contributed by atoms with Crippen molar-refractivity contribution < 1.29 is 0 Å². The van der Waals surface area contributed by atoms with Crippen LogP contribution in [-0.2, 0) is 0 Å². The molecule has 0 saturated heterocycles. The Bertz CT molecular complexity index is 487. The predicted octanol–water partition coefficient (Wildman–Crippen LogP) is 4.39. The third-order valence-corrected chi connectivity index (χ3v) is 4.40. The molecule has 0 spiro atoms. The van der Waals surface area contributed by atoms with Crippen molar-refractivity contribution in [3.8, 4) is 0 Å². The Hall–Kier alpha value is -0.960. The van der Waals surface area contributed by atoms with Gasteiger partial charge in [-0.05, 0) is 24.7 Å². The van der Waals surface area contributed by atoms with Crippen LogP contribution in [0.5, 0.6) is 0 Å². The lowest BCUT2D eigenvalue weighted by molar-refractivity contribution is 0.662. The highest BCUT2D eigenvalue weighted by Crippen LogP contribution is 2.29. The molecule has 2 aromatic rings. The van der Waals surface area contributed by atoms with Crippen LogP contribution < -0.4 is 5.32 Å². The average molecular weight is 278 g/mol. The quantitative estimate of drug-likeness (QED) is 0.814. The van der Waals surface area contributed by atoms with Crippen molar-refractivity contribution >= 4 is 23.4 Å². The molecule has 0 radical (unpaired) electrons. The van der Waals surface area contributed by atoms with Crippen LogP contribution in [0.2, 0.25) is 5.02 Å². The Balaban J connectivity index is 2.02. The molecule has 94 valence electrons. The second-order valence-electron chi connectivity index (χ2n) is 3.99. The molecule has 18 heavy (non-hydrogen) atoms. The Morgan fingerprint density at radius 3 is 2.39 bits per heavy atom. The van der Waals surface area contributed by atoms with Crippen molar-refractivity contribution in [3.05, 3.63) is 65.2 Å². The highest BCUT2D eigenvalue weighted by atomic mass is 35.5. The Morgan fingerprint density at radius 2 is 1.72 bits per heavy atom. The molecule has 0 aromatic heterocycles. The summed E-state index contributed by atoms with van der Waals surface area (Å²) in [6.45, 7) is 0. The lowest BCUT2D eigenvalue weighted by Gasteiger charge is -2.16. The largest absolute Gasteiger partial charge is 0.312 e. The lowest BCUT2D eigenvalue weighted by atomic mass is 10.1. The molecule has 0 aliphatic rings. The summed E-state index contributed by atoms with van der Waals surface area (Å²) in [5.74, 6) is 0.963. The summed E-state index contributed by atoms with van der Waals surface area (Å²) in [6, 6.07) is 18.8. The van der Waals surface area contributed by atoms with Crippen molar-refractivity contribution in [3.63, 3.8) is 0 Å². The zero-order valence-electron chi connectivity index (χ0n) is 10.3. The van der Waals surface area contributed by atoms with Crippen molar-refractivity contribution in [2.24, 2.45) is 0 Å². The highest BCUT2D eigenvalue weighted by molar-refractivity contribution is 7.99. The molecule has 2 rings (SSSR count). The first-order valence-electron chi connectivity index (χ1n) is 5.91. The standard InChI is InChI=1S/C15H16ClNS/c1-17-14(12-7-3-2-4-8-12)11-18-15-10-6-5-9-13(15)16/h2-10,14,17H,11H2,1H3. The van der Waals surface area contributed by atoms with Crippen LogP contribution in [0.3, 0.4) is 0 Å². The van der Waals surface area contributed by atoms with Crippen LogP contribution in [-0.4, -0.2) is 12.8 Å². The van der Waals surface area contributed by atoms with Crippen LogP contribution in [0.15, 0.2) is 59.5 Å². The normalized spacial score (nSPS) is 12.3. The maximum absolute atomic E-state index is 6.16. The third-order valence-electron chi connectivity index (χ3n) is 2.79. The minimum Gasteiger partial charge on any atom is -0.312 e. The van der Waals surface area contributed by atoms with Crippen molar-refractivity contribution in [1.29, 1.82) is 0 Å². The fourth-order valence-corrected chi connectivity index (χ4v) is 3.15. The smallest absolute Gasteiger partial charge is 0.0541 e. The number of nitrogens with one attached hydrogen (secondary N) is 1. The van der Waals surface area contributed by atoms with Crippen LogP contribution in [0.4, 0.5) is 0 Å². The van der Waals surface area contributed by atoms with Crippen LogP contribution in [0, 0.1) is 0 Å². The molecule has 1 nitrogen and oxygen atoms in total. The van der Waals surface area contributed by atoms with Crippen molar-refractivity contribution in [1.82, 2.24) is 5.32 Å². The molecule has 2 aromatic carbocycles. The molecular weight excluding hydrogens is 262 g/mol. The first kappa shape index (κ1) is 13.5. The first-order valence-corrected chi connectivity index (χ1v) is 7.27. The molecule has 0 saturated carbocycles. The Morgan fingerprint density at radius 1 is 1.06 bits per heavy atom. The first-order chi connectivity index (χ1) is 8.81. The average Bonchev–Trinajstić information content (AvgIpc) is 2.42. The van der Waals surface area contributed by atoms with E-state index in [-0.39, 0.29) is 0 Å². The summed E-state index contributed by atoms with van der Waals surface area (Å²) >= 11 is 7.94. The number of hydrogen-bond donors (Lipinski definition) is 1. The van der Waals surface area contributed by atoms with E-state index in [2.05, 4.69) is 35.6 Å². The summed E-state index contributed by atoms with van der Waals surface area (Å²) in [7, 11) is 1.99. The van der Waals surface area contributed by atoms with Gasteiger partial charge in [0.05, 0.1) is 5.02 Å². The van der Waals surface area contributed by atoms with Gasteiger partial charge in [-0.3, -0.25) is 0 Å². The van der Waals surface area contributed by atoms with Crippen molar-refractivity contribution in [2.45, 2.75) is 10.9 Å². The van der Waals surface area contributed by atoms with Gasteiger partial charge >= 0.3 is 0 Å². The fourth-order valence-electron chi connectivity index (χ4n) is 1.77. The molecule has 0 aliphatic carbocycles. The summed E-state index contributed by atoms with van der Waals surface area (Å²) < 4.78 is 0. The van der Waals surface area contributed by atoms with Gasteiger partial charge in [-0.1, -0.05) is 54.1 Å². The van der Waals surface area contributed by atoms with E-state index in [1.54, 1.807) is 11.8 Å². The maximum atomic E-state index is 6.16. The zero-order valence-corrected chi connectivity index (χ0v) is 11.8. The lowest BCUT2D eigenvalue weighted by Crippen LogP contribution is -2.18. The zero-order chi connectivity index (χ0) is 12.8. The highest BCUT2D eigenvalue weighted by Gasteiger charge is 2.10. The van der Waals surface area contributed by atoms with Gasteiger partial charge in [0.25, 0.3) is 0 Å². The number of hydrogen-bond acceptors (Lipinski definition) is 2. The van der Waals surface area contributed by atoms with Gasteiger partial charge < -0.3 is 5.32 Å². The van der Waals surface area contributed by atoms with Gasteiger partial charge in [-0.25, -0.2) is 0 Å². The molecule has 0 amide bonds. The summed E-state index contributed by atoms with van der Waals surface area (Å²) in [6.07, 6.45) is 0. The van der Waals surface area contributed by atoms with Gasteiger partial charge in [0.1, 0.15) is 0 Å². The van der Waals surface area contributed by atoms with Gasteiger partial charge in [0.15, 0.2) is 0 Å². The molecule has 1 atom stereocenters. The monoisotopic (exact) mass is 277 g/mol. The van der Waals surface area contributed by atoms with Gasteiger partial charge in [0, 0.05) is 16.7 Å². The molecular formula is C15H16ClNS. The number of rotatable bonds is 5. The topological polar surface area (TPSA) is 12.0 Å². The van der Waals surface area contributed by atoms with Crippen LogP contribution >= 0.6 is 23.4 Å². The van der Waals surface area contributed by atoms with Gasteiger partial charge in [0.2, 0.25) is 0 Å². The van der Waals surface area contributed by atoms with Crippen molar-refractivity contribution in [2.75, 3.05) is 12.8 Å². The Labute approximate surface area is 118 Å². The maximum Gasteiger partial charge on any atom is 0.0541 e. The minimum atomic E-state index is 0.340. The number of halogens is 1. The van der Waals surface area contributed by atoms with E-state index >= 15 is 0 Å². The molecule has 0 fully saturated rings. The van der Waals surface area contributed by atoms with E-state index in [9.17, 15) is 0 Å². The van der Waals surface area contributed by atoms with E-state index in [1.807, 2.05) is 31.3 Å². The van der Waals surface area contributed by atoms with E-state index < -0.39 is 0 Å². The van der Waals surface area contributed by atoms with Crippen LogP contribution in [0.25, 0.3) is 0 Å². The van der Waals surface area contributed by atoms with E-state index in [4.69, 9.17) is 11.6 Å². The summed E-state index contributed by atoms with van der Waals surface area (Å²) in [4.78, 5) is 1.13.